The van der Waals surface area contributed by atoms with Crippen molar-refractivity contribution in [3.05, 3.63) is 76.7 Å². The van der Waals surface area contributed by atoms with Crippen molar-refractivity contribution in [1.82, 2.24) is 13.9 Å². The molecule has 0 aliphatic carbocycles. The highest BCUT2D eigenvalue weighted by Gasteiger charge is 2.26. The number of carbonyl (C=O) groups is 1. The fourth-order valence-corrected chi connectivity index (χ4v) is 4.56. The minimum atomic E-state index is -4.25. The summed E-state index contributed by atoms with van der Waals surface area (Å²) in [5, 5.41) is 11.0. The van der Waals surface area contributed by atoms with Gasteiger partial charge in [-0.05, 0) is 42.8 Å². The Morgan fingerprint density at radius 1 is 1.09 bits per heavy atom. The lowest BCUT2D eigenvalue weighted by molar-refractivity contribution is 0.0693. The Balaban J connectivity index is 1.92. The molecule has 4 aromatic rings. The van der Waals surface area contributed by atoms with Crippen LogP contribution in [-0.2, 0) is 10.0 Å². The Morgan fingerprint density at radius 2 is 1.78 bits per heavy atom. The fourth-order valence-electron chi connectivity index (χ4n) is 3.10. The molecule has 0 bridgehead atoms. The van der Waals surface area contributed by atoms with Gasteiger partial charge in [0.05, 0.1) is 22.2 Å². The number of halogens is 3. The second-order valence-corrected chi connectivity index (χ2v) is 8.88. The van der Waals surface area contributed by atoms with Crippen LogP contribution in [0, 0.1) is 18.6 Å². The zero-order valence-electron chi connectivity index (χ0n) is 16.2. The van der Waals surface area contributed by atoms with Crippen molar-refractivity contribution >= 4 is 50.1 Å². The van der Waals surface area contributed by atoms with Crippen molar-refractivity contribution in [2.24, 2.45) is 0 Å². The van der Waals surface area contributed by atoms with E-state index in [4.69, 9.17) is 11.6 Å². The minimum absolute atomic E-state index is 0.109. The summed E-state index contributed by atoms with van der Waals surface area (Å²) in [4.78, 5) is 19.0. The summed E-state index contributed by atoms with van der Waals surface area (Å²) in [6.07, 6.45) is 0.708. The number of aryl methyl sites for hydroxylation is 1. The molecule has 0 aliphatic rings. The Labute approximate surface area is 185 Å². The van der Waals surface area contributed by atoms with Gasteiger partial charge in [-0.15, -0.1) is 0 Å². The zero-order valence-corrected chi connectivity index (χ0v) is 17.7. The van der Waals surface area contributed by atoms with Gasteiger partial charge >= 0.3 is 5.97 Å². The summed E-state index contributed by atoms with van der Waals surface area (Å²) >= 11 is 5.94. The number of carboxylic acid groups (broad SMARTS) is 1. The topological polar surface area (TPSA) is 114 Å². The maximum absolute atomic E-state index is 14.9. The van der Waals surface area contributed by atoms with Gasteiger partial charge in [0.25, 0.3) is 10.0 Å². The third-order valence-electron chi connectivity index (χ3n) is 4.60. The van der Waals surface area contributed by atoms with Gasteiger partial charge in [-0.1, -0.05) is 23.8 Å². The summed E-state index contributed by atoms with van der Waals surface area (Å²) < 4.78 is 55.7. The summed E-state index contributed by atoms with van der Waals surface area (Å²) in [5.41, 5.74) is -0.489. The Morgan fingerprint density at radius 3 is 2.44 bits per heavy atom. The van der Waals surface area contributed by atoms with E-state index >= 15 is 0 Å². The van der Waals surface area contributed by atoms with Crippen molar-refractivity contribution in [2.45, 2.75) is 11.8 Å². The van der Waals surface area contributed by atoms with E-state index in [1.807, 2.05) is 0 Å². The van der Waals surface area contributed by atoms with Crippen molar-refractivity contribution in [3.8, 4) is 0 Å². The number of hydrogen-bond donors (Lipinski definition) is 2. The molecule has 2 aromatic heterocycles. The molecule has 4 rings (SSSR count). The minimum Gasteiger partial charge on any atom is -0.478 e. The highest BCUT2D eigenvalue weighted by Crippen LogP contribution is 2.32. The first-order chi connectivity index (χ1) is 15.1. The van der Waals surface area contributed by atoms with Crippen molar-refractivity contribution in [2.75, 3.05) is 5.32 Å². The maximum Gasteiger partial charge on any atom is 0.340 e. The molecule has 0 saturated carbocycles. The van der Waals surface area contributed by atoms with Crippen LogP contribution >= 0.6 is 11.6 Å². The molecular formula is C20H13ClF2N4O4S. The lowest BCUT2D eigenvalue weighted by Crippen LogP contribution is -2.13. The van der Waals surface area contributed by atoms with E-state index in [9.17, 15) is 27.1 Å². The number of hydrogen-bond acceptors (Lipinski definition) is 6. The number of carboxylic acids is 1. The molecular weight excluding hydrogens is 466 g/mol. The van der Waals surface area contributed by atoms with Gasteiger partial charge in [-0.2, -0.15) is 9.97 Å². The molecule has 0 saturated heterocycles. The summed E-state index contributed by atoms with van der Waals surface area (Å²) in [5.74, 6) is -3.94. The monoisotopic (exact) mass is 478 g/mol. The van der Waals surface area contributed by atoms with E-state index < -0.39 is 38.5 Å². The van der Waals surface area contributed by atoms with E-state index in [2.05, 4.69) is 15.3 Å². The zero-order chi connectivity index (χ0) is 23.2. The van der Waals surface area contributed by atoms with Crippen molar-refractivity contribution in [3.63, 3.8) is 0 Å². The van der Waals surface area contributed by atoms with Crippen molar-refractivity contribution in [1.29, 1.82) is 0 Å². The predicted molar refractivity (Wildman–Crippen MR) is 113 cm³/mol. The average molecular weight is 479 g/mol. The number of aromatic carboxylic acids is 1. The highest BCUT2D eigenvalue weighted by molar-refractivity contribution is 7.90. The fraction of sp³-hybridized carbons (Fsp3) is 0.0500. The molecule has 0 radical (unpaired) electrons. The van der Waals surface area contributed by atoms with Crippen LogP contribution in [-0.4, -0.2) is 33.4 Å². The first-order valence-corrected chi connectivity index (χ1v) is 10.8. The molecule has 0 aliphatic heterocycles. The number of benzene rings is 2. The molecule has 0 amide bonds. The van der Waals surface area contributed by atoms with Gasteiger partial charge in [0.1, 0.15) is 17.2 Å². The van der Waals surface area contributed by atoms with Crippen LogP contribution in [0.3, 0.4) is 0 Å². The molecule has 0 spiro atoms. The third kappa shape index (κ3) is 3.65. The van der Waals surface area contributed by atoms with E-state index in [0.717, 1.165) is 11.6 Å². The third-order valence-corrected chi connectivity index (χ3v) is 6.43. The van der Waals surface area contributed by atoms with Crippen LogP contribution in [0.25, 0.3) is 11.0 Å². The lowest BCUT2D eigenvalue weighted by atomic mass is 10.1. The van der Waals surface area contributed by atoms with Gasteiger partial charge in [0.15, 0.2) is 11.5 Å². The van der Waals surface area contributed by atoms with Crippen LogP contribution in [0.4, 0.5) is 20.3 Å². The smallest absolute Gasteiger partial charge is 0.340 e. The van der Waals surface area contributed by atoms with Gasteiger partial charge < -0.3 is 10.4 Å². The normalized spacial score (nSPS) is 11.6. The Bertz CT molecular complexity index is 1490. The first-order valence-electron chi connectivity index (χ1n) is 8.95. The van der Waals surface area contributed by atoms with E-state index in [1.54, 1.807) is 19.1 Å². The van der Waals surface area contributed by atoms with E-state index in [-0.39, 0.29) is 27.4 Å². The number of anilines is 2. The highest BCUT2D eigenvalue weighted by atomic mass is 35.5. The number of rotatable bonds is 5. The van der Waals surface area contributed by atoms with Gasteiger partial charge in [0, 0.05) is 0 Å². The number of nitrogens with zero attached hydrogens (tertiary/aromatic N) is 3. The molecule has 2 N–H and O–H groups in total. The van der Waals surface area contributed by atoms with E-state index in [0.29, 0.717) is 10.2 Å². The van der Waals surface area contributed by atoms with Gasteiger partial charge in [-0.3, -0.25) is 0 Å². The largest absolute Gasteiger partial charge is 0.478 e. The maximum atomic E-state index is 14.9. The summed E-state index contributed by atoms with van der Waals surface area (Å²) in [6.45, 7) is 1.78. The standard InChI is InChI=1S/C20H13ClF2N4O4S/c1-10-5-7-11(8-6-10)32(30,31)27-9-13(23)16-17(25-20(21)26-18(16)27)24-14-4-2-3-12(22)15(14)19(28)29/h2-9H,1H3,(H,28,29)(H,24,25,26). The molecule has 164 valence electrons. The summed E-state index contributed by atoms with van der Waals surface area (Å²) in [7, 11) is -4.25. The molecule has 0 fully saturated rings. The van der Waals surface area contributed by atoms with Crippen LogP contribution in [0.15, 0.2) is 53.6 Å². The predicted octanol–water partition coefficient (Wildman–Crippen LogP) is 4.35. The lowest BCUT2D eigenvalue weighted by Gasteiger charge is -2.11. The molecule has 8 nitrogen and oxygen atoms in total. The second kappa shape index (κ2) is 7.84. The molecule has 12 heteroatoms. The van der Waals surface area contributed by atoms with E-state index in [1.165, 1.54) is 24.3 Å². The number of aromatic nitrogens is 3. The van der Waals surface area contributed by atoms with Crippen LogP contribution in [0.2, 0.25) is 5.28 Å². The Hall–Kier alpha value is -3.57. The second-order valence-electron chi connectivity index (χ2n) is 6.72. The first kappa shape index (κ1) is 21.7. The molecule has 0 unspecified atom stereocenters. The number of fused-ring (bicyclic) bond motifs is 1. The molecule has 0 atom stereocenters. The summed E-state index contributed by atoms with van der Waals surface area (Å²) in [6, 6.07) is 9.33. The van der Waals surface area contributed by atoms with Crippen LogP contribution < -0.4 is 5.32 Å². The average Bonchev–Trinajstić information content (AvgIpc) is 3.05. The van der Waals surface area contributed by atoms with Crippen LogP contribution in [0.1, 0.15) is 15.9 Å². The molecule has 2 aromatic carbocycles. The number of nitrogens with one attached hydrogen (secondary N) is 1. The van der Waals surface area contributed by atoms with Gasteiger partial charge in [0.2, 0.25) is 5.28 Å². The quantitative estimate of drug-likeness (QED) is 0.410. The SMILES string of the molecule is Cc1ccc(S(=O)(=O)n2cc(F)c3c(Nc4cccc(F)c4C(=O)O)nc(Cl)nc32)cc1. The Kier molecular flexibility index (Phi) is 5.31. The van der Waals surface area contributed by atoms with Crippen molar-refractivity contribution < 1.29 is 27.1 Å². The molecule has 2 heterocycles. The molecule has 32 heavy (non-hydrogen) atoms. The van der Waals surface area contributed by atoms with Gasteiger partial charge in [-0.25, -0.2) is 26.0 Å². The van der Waals surface area contributed by atoms with Crippen LogP contribution in [0.5, 0.6) is 0 Å².